The lowest BCUT2D eigenvalue weighted by Gasteiger charge is -2.22. The fraction of sp³-hybridized carbons (Fsp3) is 0.286. The number of benzene rings is 2. The zero-order valence-electron chi connectivity index (χ0n) is 17.6. The standard InChI is InChI=1S/C21H19N3O9S/c25-13-11-17(23(12-13)34(31,32)18-8-4-3-7-16(18)24(29)30)21(28)33-10-9-22-19(26)14-5-1-2-6-15(14)20(22)27/h1-8,13,17,25H,9-12H2/t13-,17-/m0/s1. The van der Waals surface area contributed by atoms with E-state index in [9.17, 15) is 38.0 Å². The van der Waals surface area contributed by atoms with Gasteiger partial charge >= 0.3 is 5.97 Å². The second kappa shape index (κ2) is 8.93. The van der Waals surface area contributed by atoms with Gasteiger partial charge in [0.1, 0.15) is 12.6 Å². The molecule has 0 bridgehead atoms. The third-order valence-electron chi connectivity index (χ3n) is 5.59. The SMILES string of the molecule is O=C(OCCN1C(=O)c2ccccc2C1=O)[C@@H]1C[C@H](O)CN1S(=O)(=O)c1ccccc1[N+](=O)[O-]. The number of para-hydroxylation sites is 1. The molecule has 2 amide bonds. The van der Waals surface area contributed by atoms with E-state index in [1.165, 1.54) is 24.3 Å². The van der Waals surface area contributed by atoms with Gasteiger partial charge in [0, 0.05) is 19.0 Å². The molecule has 0 aromatic heterocycles. The van der Waals surface area contributed by atoms with Crippen molar-refractivity contribution < 1.29 is 37.6 Å². The Hall–Kier alpha value is -3.68. The zero-order chi connectivity index (χ0) is 24.6. The van der Waals surface area contributed by atoms with Crippen LogP contribution in [0.1, 0.15) is 27.1 Å². The van der Waals surface area contributed by atoms with Crippen LogP contribution in [0.3, 0.4) is 0 Å². The smallest absolute Gasteiger partial charge is 0.324 e. The highest BCUT2D eigenvalue weighted by molar-refractivity contribution is 7.89. The Morgan fingerprint density at radius 2 is 1.68 bits per heavy atom. The summed E-state index contributed by atoms with van der Waals surface area (Å²) < 4.78 is 32.0. The number of hydrogen-bond donors (Lipinski definition) is 1. The summed E-state index contributed by atoms with van der Waals surface area (Å²) in [5, 5.41) is 21.3. The topological polar surface area (TPSA) is 164 Å². The van der Waals surface area contributed by atoms with Crippen LogP contribution in [0.25, 0.3) is 0 Å². The van der Waals surface area contributed by atoms with E-state index in [4.69, 9.17) is 4.74 Å². The summed E-state index contributed by atoms with van der Waals surface area (Å²) >= 11 is 0. The number of ether oxygens (including phenoxy) is 1. The first-order valence-electron chi connectivity index (χ1n) is 10.2. The largest absolute Gasteiger partial charge is 0.463 e. The van der Waals surface area contributed by atoms with Gasteiger partial charge in [-0.3, -0.25) is 29.4 Å². The summed E-state index contributed by atoms with van der Waals surface area (Å²) in [4.78, 5) is 48.2. The minimum Gasteiger partial charge on any atom is -0.463 e. The number of nitro groups is 1. The third kappa shape index (κ3) is 4.04. The number of imide groups is 1. The van der Waals surface area contributed by atoms with Crippen LogP contribution in [0, 0.1) is 10.1 Å². The number of fused-ring (bicyclic) bond motifs is 1. The van der Waals surface area contributed by atoms with Gasteiger partial charge in [-0.05, 0) is 18.2 Å². The van der Waals surface area contributed by atoms with E-state index in [0.717, 1.165) is 17.0 Å². The van der Waals surface area contributed by atoms with Crippen LogP contribution < -0.4 is 0 Å². The molecular formula is C21H19N3O9S. The average Bonchev–Trinajstić information content (AvgIpc) is 3.33. The molecule has 2 aliphatic rings. The first kappa shape index (κ1) is 23.5. The first-order chi connectivity index (χ1) is 16.1. The number of nitrogens with zero attached hydrogens (tertiary/aromatic N) is 3. The number of esters is 1. The van der Waals surface area contributed by atoms with Gasteiger partial charge in [-0.25, -0.2) is 8.42 Å². The van der Waals surface area contributed by atoms with E-state index in [0.29, 0.717) is 4.31 Å². The van der Waals surface area contributed by atoms with Crippen LogP contribution in [-0.2, 0) is 19.6 Å². The molecule has 2 atom stereocenters. The fourth-order valence-electron chi connectivity index (χ4n) is 3.99. The molecule has 4 rings (SSSR count). The minimum absolute atomic E-state index is 0.236. The molecule has 1 saturated heterocycles. The van der Waals surface area contributed by atoms with Crippen molar-refractivity contribution in [3.63, 3.8) is 0 Å². The van der Waals surface area contributed by atoms with Gasteiger partial charge in [0.15, 0.2) is 4.90 Å². The van der Waals surface area contributed by atoms with Crippen LogP contribution in [0.4, 0.5) is 5.69 Å². The Bertz CT molecular complexity index is 1260. The summed E-state index contributed by atoms with van der Waals surface area (Å²) in [6, 6.07) is 9.50. The van der Waals surface area contributed by atoms with Crippen LogP contribution in [0.2, 0.25) is 0 Å². The summed E-state index contributed by atoms with van der Waals surface area (Å²) in [5.74, 6) is -2.07. The molecule has 34 heavy (non-hydrogen) atoms. The number of amides is 2. The number of rotatable bonds is 7. The second-order valence-electron chi connectivity index (χ2n) is 7.68. The highest BCUT2D eigenvalue weighted by Crippen LogP contribution is 2.32. The van der Waals surface area contributed by atoms with Crippen molar-refractivity contribution in [1.29, 1.82) is 0 Å². The summed E-state index contributed by atoms with van der Waals surface area (Å²) in [6.07, 6.45) is -1.46. The summed E-state index contributed by atoms with van der Waals surface area (Å²) in [6.45, 7) is -1.09. The number of hydrogen-bond acceptors (Lipinski definition) is 9. The molecule has 2 aliphatic heterocycles. The number of carbonyl (C=O) groups is 3. The monoisotopic (exact) mass is 489 g/mol. The van der Waals surface area contributed by atoms with E-state index < -0.39 is 68.6 Å². The molecule has 1 N–H and O–H groups in total. The Kier molecular flexibility index (Phi) is 6.17. The van der Waals surface area contributed by atoms with Gasteiger partial charge in [0.05, 0.1) is 28.7 Å². The van der Waals surface area contributed by atoms with Crippen LogP contribution in [-0.4, -0.2) is 77.3 Å². The van der Waals surface area contributed by atoms with Crippen LogP contribution in [0.5, 0.6) is 0 Å². The molecule has 1 fully saturated rings. The molecule has 0 aliphatic carbocycles. The Morgan fingerprint density at radius 1 is 1.09 bits per heavy atom. The zero-order valence-corrected chi connectivity index (χ0v) is 18.4. The van der Waals surface area contributed by atoms with Gasteiger partial charge in [-0.15, -0.1) is 0 Å². The maximum absolute atomic E-state index is 13.1. The molecule has 2 aromatic rings. The van der Waals surface area contributed by atoms with E-state index in [2.05, 4.69) is 0 Å². The summed E-state index contributed by atoms with van der Waals surface area (Å²) in [7, 11) is -4.52. The number of nitro benzene ring substituents is 1. The molecule has 0 spiro atoms. The van der Waals surface area contributed by atoms with Crippen molar-refractivity contribution in [2.45, 2.75) is 23.5 Å². The quantitative estimate of drug-likeness (QED) is 0.253. The van der Waals surface area contributed by atoms with Crippen molar-refractivity contribution in [2.75, 3.05) is 19.7 Å². The number of aliphatic hydroxyl groups excluding tert-OH is 1. The van der Waals surface area contributed by atoms with Crippen molar-refractivity contribution in [2.24, 2.45) is 0 Å². The molecular weight excluding hydrogens is 470 g/mol. The molecule has 13 heteroatoms. The third-order valence-corrected chi connectivity index (χ3v) is 7.51. The van der Waals surface area contributed by atoms with E-state index >= 15 is 0 Å². The number of β-amino-alcohol motifs (C(OH)–C–C–N with tert-alkyl or cyclic N) is 1. The molecule has 178 valence electrons. The van der Waals surface area contributed by atoms with Crippen molar-refractivity contribution in [3.8, 4) is 0 Å². The average molecular weight is 489 g/mol. The lowest BCUT2D eigenvalue weighted by Crippen LogP contribution is -2.42. The second-order valence-corrected chi connectivity index (χ2v) is 9.54. The number of aliphatic hydroxyl groups is 1. The van der Waals surface area contributed by atoms with Crippen molar-refractivity contribution in [3.05, 3.63) is 69.8 Å². The van der Waals surface area contributed by atoms with Gasteiger partial charge in [0.2, 0.25) is 0 Å². The molecule has 0 saturated carbocycles. The Morgan fingerprint density at radius 3 is 2.29 bits per heavy atom. The van der Waals surface area contributed by atoms with Crippen LogP contribution >= 0.6 is 0 Å². The highest BCUT2D eigenvalue weighted by atomic mass is 32.2. The van der Waals surface area contributed by atoms with E-state index in [1.807, 2.05) is 0 Å². The Balaban J connectivity index is 1.46. The molecule has 0 unspecified atom stereocenters. The van der Waals surface area contributed by atoms with Crippen molar-refractivity contribution in [1.82, 2.24) is 9.21 Å². The first-order valence-corrected chi connectivity index (χ1v) is 11.6. The molecule has 2 heterocycles. The van der Waals surface area contributed by atoms with Gasteiger partial charge in [-0.1, -0.05) is 24.3 Å². The predicted molar refractivity (Wildman–Crippen MR) is 114 cm³/mol. The molecule has 12 nitrogen and oxygen atoms in total. The molecule has 0 radical (unpaired) electrons. The van der Waals surface area contributed by atoms with E-state index in [1.54, 1.807) is 12.1 Å². The maximum Gasteiger partial charge on any atom is 0.324 e. The highest BCUT2D eigenvalue weighted by Gasteiger charge is 2.46. The molecule has 2 aromatic carbocycles. The Labute approximate surface area is 193 Å². The number of carbonyl (C=O) groups excluding carboxylic acids is 3. The van der Waals surface area contributed by atoms with Gasteiger partial charge < -0.3 is 9.84 Å². The van der Waals surface area contributed by atoms with Gasteiger partial charge in [-0.2, -0.15) is 4.31 Å². The predicted octanol–water partition coefficient (Wildman–Crippen LogP) is 0.558. The van der Waals surface area contributed by atoms with Crippen molar-refractivity contribution >= 4 is 33.5 Å². The van der Waals surface area contributed by atoms with Crippen LogP contribution in [0.15, 0.2) is 53.4 Å². The van der Waals surface area contributed by atoms with E-state index in [-0.39, 0.29) is 24.1 Å². The summed E-state index contributed by atoms with van der Waals surface area (Å²) in [5.41, 5.74) is -0.194. The lowest BCUT2D eigenvalue weighted by atomic mass is 10.1. The fourth-order valence-corrected chi connectivity index (χ4v) is 5.78. The maximum atomic E-state index is 13.1. The number of sulfonamides is 1. The minimum atomic E-state index is -4.52. The van der Waals surface area contributed by atoms with Gasteiger partial charge in [0.25, 0.3) is 27.5 Å². The lowest BCUT2D eigenvalue weighted by molar-refractivity contribution is -0.387. The normalized spacial score (nSPS) is 20.4.